The Morgan fingerprint density at radius 1 is 0.433 bits per heavy atom. The van der Waals surface area contributed by atoms with Crippen LogP contribution in [0.4, 0.5) is 0 Å². The molecule has 140 valence electrons. The van der Waals surface area contributed by atoms with E-state index < -0.39 is 0 Å². The second-order valence-corrected chi connectivity index (χ2v) is 7.07. The van der Waals surface area contributed by atoms with Gasteiger partial charge in [-0.25, -0.2) is 0 Å². The molecule has 0 aliphatic carbocycles. The number of benzene rings is 4. The monoisotopic (exact) mass is 380 g/mol. The highest BCUT2D eigenvalue weighted by Crippen LogP contribution is 2.21. The Hall–Kier alpha value is -4.26. The number of hydrogen-bond acceptors (Lipinski definition) is 0. The Balaban J connectivity index is 1.51. The van der Waals surface area contributed by atoms with Gasteiger partial charge in [-0.1, -0.05) is 84.7 Å². The van der Waals surface area contributed by atoms with E-state index in [0.717, 1.165) is 22.3 Å². The Kier molecular flexibility index (Phi) is 5.61. The van der Waals surface area contributed by atoms with Gasteiger partial charge in [-0.2, -0.15) is 0 Å². The maximum absolute atomic E-state index is 5.41. The molecule has 4 rings (SSSR count). The molecule has 0 heterocycles. The number of rotatable bonds is 4. The molecule has 0 aromatic heterocycles. The summed E-state index contributed by atoms with van der Waals surface area (Å²) in [6.45, 7) is 0. The van der Waals surface area contributed by atoms with Crippen LogP contribution in [-0.4, -0.2) is 0 Å². The van der Waals surface area contributed by atoms with Crippen molar-refractivity contribution in [1.82, 2.24) is 0 Å². The Bertz CT molecular complexity index is 1210. The van der Waals surface area contributed by atoms with E-state index in [2.05, 4.69) is 72.5 Å². The molecule has 0 bridgehead atoms. The normalized spacial score (nSPS) is 11.0. The molecule has 0 nitrogen and oxygen atoms in total. The molecule has 0 fully saturated rings. The van der Waals surface area contributed by atoms with Crippen molar-refractivity contribution < 1.29 is 0 Å². The summed E-state index contributed by atoms with van der Waals surface area (Å²) >= 11 is 0. The zero-order valence-corrected chi connectivity index (χ0v) is 16.5. The predicted octanol–water partition coefficient (Wildman–Crippen LogP) is 7.14. The van der Waals surface area contributed by atoms with Gasteiger partial charge in [-0.3, -0.25) is 0 Å². The third kappa shape index (κ3) is 4.59. The van der Waals surface area contributed by atoms with Gasteiger partial charge in [-0.05, 0) is 69.4 Å². The highest BCUT2D eigenvalue weighted by atomic mass is 14.0. The van der Waals surface area contributed by atoms with Crippen molar-refractivity contribution in [3.63, 3.8) is 0 Å². The van der Waals surface area contributed by atoms with Gasteiger partial charge in [-0.15, -0.1) is 12.8 Å². The quantitative estimate of drug-likeness (QED) is 0.261. The fraction of sp³-hybridized carbons (Fsp3) is 0. The van der Waals surface area contributed by atoms with Crippen LogP contribution in [0.1, 0.15) is 33.4 Å². The standard InChI is InChI=1S/C30H20/c1-3-23-5-9-25(10-6-23)13-15-27-17-19-30-22-28(18-20-29(30)21-27)16-14-26-11-7-24(4-2)8-12-26/h1-2,5-22H/b15-13+,16-14+. The fourth-order valence-corrected chi connectivity index (χ4v) is 3.26. The van der Waals surface area contributed by atoms with Crippen molar-refractivity contribution in [2.45, 2.75) is 0 Å². The highest BCUT2D eigenvalue weighted by molar-refractivity contribution is 5.88. The summed E-state index contributed by atoms with van der Waals surface area (Å²) in [5.41, 5.74) is 6.38. The molecule has 0 spiro atoms. The third-order valence-electron chi connectivity index (χ3n) is 4.98. The lowest BCUT2D eigenvalue weighted by molar-refractivity contribution is 1.61. The lowest BCUT2D eigenvalue weighted by atomic mass is 10.0. The van der Waals surface area contributed by atoms with Crippen LogP contribution in [-0.2, 0) is 0 Å². The molecule has 0 amide bonds. The van der Waals surface area contributed by atoms with Gasteiger partial charge in [0.2, 0.25) is 0 Å². The molecule has 0 N–H and O–H groups in total. The summed E-state index contributed by atoms with van der Waals surface area (Å²) in [5.74, 6) is 5.28. The first-order chi connectivity index (χ1) is 14.7. The molecule has 0 aliphatic heterocycles. The van der Waals surface area contributed by atoms with Crippen molar-refractivity contribution in [1.29, 1.82) is 0 Å². The van der Waals surface area contributed by atoms with E-state index in [-0.39, 0.29) is 0 Å². The molecule has 0 atom stereocenters. The van der Waals surface area contributed by atoms with Crippen molar-refractivity contribution >= 4 is 35.1 Å². The first-order valence-electron chi connectivity index (χ1n) is 9.77. The average molecular weight is 380 g/mol. The molecule has 0 saturated carbocycles. The van der Waals surface area contributed by atoms with E-state index in [1.165, 1.54) is 21.9 Å². The molecule has 0 radical (unpaired) electrons. The van der Waals surface area contributed by atoms with Crippen molar-refractivity contribution in [3.8, 4) is 24.7 Å². The maximum atomic E-state index is 5.41. The summed E-state index contributed by atoms with van der Waals surface area (Å²) in [6, 6.07) is 29.0. The van der Waals surface area contributed by atoms with Crippen LogP contribution >= 0.6 is 0 Å². The van der Waals surface area contributed by atoms with Gasteiger partial charge in [0.05, 0.1) is 0 Å². The Morgan fingerprint density at radius 2 is 0.767 bits per heavy atom. The lowest BCUT2D eigenvalue weighted by Crippen LogP contribution is -1.79. The largest absolute Gasteiger partial charge is 0.115 e. The molecule has 0 aliphatic rings. The van der Waals surface area contributed by atoms with Gasteiger partial charge in [0, 0.05) is 11.1 Å². The minimum Gasteiger partial charge on any atom is -0.115 e. The van der Waals surface area contributed by atoms with Crippen LogP contribution < -0.4 is 0 Å². The minimum atomic E-state index is 0.896. The van der Waals surface area contributed by atoms with Gasteiger partial charge < -0.3 is 0 Å². The first kappa shape index (κ1) is 19.1. The van der Waals surface area contributed by atoms with Crippen molar-refractivity contribution in [3.05, 3.63) is 118 Å². The predicted molar refractivity (Wildman–Crippen MR) is 131 cm³/mol. The lowest BCUT2D eigenvalue weighted by Gasteiger charge is -2.02. The zero-order valence-electron chi connectivity index (χ0n) is 16.5. The summed E-state index contributed by atoms with van der Waals surface area (Å²) < 4.78 is 0. The smallest absolute Gasteiger partial charge is 0.0243 e. The third-order valence-corrected chi connectivity index (χ3v) is 4.98. The summed E-state index contributed by atoms with van der Waals surface area (Å²) in [7, 11) is 0. The van der Waals surface area contributed by atoms with Gasteiger partial charge in [0.25, 0.3) is 0 Å². The summed E-state index contributed by atoms with van der Waals surface area (Å²) in [4.78, 5) is 0. The molecule has 4 aromatic carbocycles. The van der Waals surface area contributed by atoms with Crippen molar-refractivity contribution in [2.24, 2.45) is 0 Å². The second-order valence-electron chi connectivity index (χ2n) is 7.07. The van der Waals surface area contributed by atoms with Crippen LogP contribution in [0.25, 0.3) is 35.1 Å². The molecule has 0 heteroatoms. The van der Waals surface area contributed by atoms with Gasteiger partial charge in [0.1, 0.15) is 0 Å². The molecule has 4 aromatic rings. The maximum Gasteiger partial charge on any atom is 0.0243 e. The number of fused-ring (bicyclic) bond motifs is 1. The molecular formula is C30H20. The van der Waals surface area contributed by atoms with E-state index in [4.69, 9.17) is 12.8 Å². The highest BCUT2D eigenvalue weighted by Gasteiger charge is 1.97. The number of hydrogen-bond donors (Lipinski definition) is 0. The van der Waals surface area contributed by atoms with Gasteiger partial charge in [0.15, 0.2) is 0 Å². The van der Waals surface area contributed by atoms with E-state index in [1.807, 2.05) is 48.5 Å². The molecule has 30 heavy (non-hydrogen) atoms. The average Bonchev–Trinajstić information content (AvgIpc) is 2.82. The molecule has 0 saturated heterocycles. The van der Waals surface area contributed by atoms with Crippen molar-refractivity contribution in [2.75, 3.05) is 0 Å². The Labute approximate surface area is 178 Å². The van der Waals surface area contributed by atoms with E-state index in [0.29, 0.717) is 0 Å². The first-order valence-corrected chi connectivity index (χ1v) is 9.77. The van der Waals surface area contributed by atoms with Crippen LogP contribution in [0.5, 0.6) is 0 Å². The second kappa shape index (κ2) is 8.83. The topological polar surface area (TPSA) is 0 Å². The van der Waals surface area contributed by atoms with Crippen LogP contribution in [0, 0.1) is 24.7 Å². The van der Waals surface area contributed by atoms with Crippen LogP contribution in [0.3, 0.4) is 0 Å². The number of terminal acetylenes is 2. The molecule has 0 unspecified atom stereocenters. The SMILES string of the molecule is C#Cc1ccc(/C=C/c2ccc3cc(/C=C/c4ccc(C#C)cc4)ccc3c2)cc1. The van der Waals surface area contributed by atoms with E-state index >= 15 is 0 Å². The van der Waals surface area contributed by atoms with Crippen LogP contribution in [0.2, 0.25) is 0 Å². The summed E-state index contributed by atoms with van der Waals surface area (Å²) in [6.07, 6.45) is 19.3. The van der Waals surface area contributed by atoms with E-state index in [1.54, 1.807) is 0 Å². The van der Waals surface area contributed by atoms with E-state index in [9.17, 15) is 0 Å². The zero-order chi connectivity index (χ0) is 20.8. The fourth-order valence-electron chi connectivity index (χ4n) is 3.26. The summed E-state index contributed by atoms with van der Waals surface area (Å²) in [5, 5.41) is 2.44. The van der Waals surface area contributed by atoms with Crippen LogP contribution in [0.15, 0.2) is 84.9 Å². The minimum absolute atomic E-state index is 0.896. The Morgan fingerprint density at radius 3 is 1.13 bits per heavy atom. The van der Waals surface area contributed by atoms with Gasteiger partial charge >= 0.3 is 0 Å². The molecular weight excluding hydrogens is 360 g/mol.